The van der Waals surface area contributed by atoms with Crippen LogP contribution in [0.3, 0.4) is 0 Å². The van der Waals surface area contributed by atoms with Crippen molar-refractivity contribution >= 4 is 17.6 Å². The molecule has 0 aliphatic carbocycles. The van der Waals surface area contributed by atoms with Crippen LogP contribution in [0.1, 0.15) is 32.3 Å². The lowest BCUT2D eigenvalue weighted by Gasteiger charge is -2.32. The van der Waals surface area contributed by atoms with Crippen molar-refractivity contribution in [3.8, 4) is 0 Å². The molecule has 0 radical (unpaired) electrons. The molecule has 1 aliphatic rings. The molecule has 2 rings (SSSR count). The molecule has 6 heteroatoms. The van der Waals surface area contributed by atoms with Crippen molar-refractivity contribution in [1.29, 1.82) is 0 Å². The number of hydrogen-bond acceptors (Lipinski definition) is 2. The first-order valence-corrected chi connectivity index (χ1v) is 8.46. The summed E-state index contributed by atoms with van der Waals surface area (Å²) in [6.45, 7) is 7.42. The summed E-state index contributed by atoms with van der Waals surface area (Å²) in [6.07, 6.45) is 1.52. The van der Waals surface area contributed by atoms with Crippen LogP contribution in [0.15, 0.2) is 18.2 Å². The predicted molar refractivity (Wildman–Crippen MR) is 92.3 cm³/mol. The van der Waals surface area contributed by atoms with Gasteiger partial charge in [0.05, 0.1) is 5.92 Å². The third-order valence-electron chi connectivity index (χ3n) is 4.18. The lowest BCUT2D eigenvalue weighted by molar-refractivity contribution is -0.121. The molecule has 1 unspecified atom stereocenters. The SMILES string of the molecule is Cc1ccc(NC(=O)C2CCCN(C(=O)NCC(C)C)C2)cc1F. The lowest BCUT2D eigenvalue weighted by atomic mass is 9.97. The van der Waals surface area contributed by atoms with Gasteiger partial charge in [-0.15, -0.1) is 0 Å². The van der Waals surface area contributed by atoms with Crippen molar-refractivity contribution in [1.82, 2.24) is 10.2 Å². The molecule has 0 bridgehead atoms. The zero-order valence-corrected chi connectivity index (χ0v) is 14.6. The number of carbonyl (C=O) groups excluding carboxylic acids is 2. The first kappa shape index (κ1) is 18.2. The van der Waals surface area contributed by atoms with Gasteiger partial charge in [-0.2, -0.15) is 0 Å². The summed E-state index contributed by atoms with van der Waals surface area (Å²) in [5.41, 5.74) is 0.989. The van der Waals surface area contributed by atoms with Gasteiger partial charge >= 0.3 is 6.03 Å². The third-order valence-corrected chi connectivity index (χ3v) is 4.18. The van der Waals surface area contributed by atoms with E-state index in [1.165, 1.54) is 6.07 Å². The highest BCUT2D eigenvalue weighted by molar-refractivity contribution is 5.93. The summed E-state index contributed by atoms with van der Waals surface area (Å²) < 4.78 is 13.6. The van der Waals surface area contributed by atoms with E-state index >= 15 is 0 Å². The molecule has 3 amide bonds. The standard InChI is InChI=1S/C18H26FN3O2/c1-12(2)10-20-18(24)22-8-4-5-14(11-22)17(23)21-15-7-6-13(3)16(19)9-15/h6-7,9,12,14H,4-5,8,10-11H2,1-3H3,(H,20,24)(H,21,23). The molecule has 1 aromatic carbocycles. The van der Waals surface area contributed by atoms with Crippen molar-refractivity contribution in [2.75, 3.05) is 25.0 Å². The van der Waals surface area contributed by atoms with Gasteiger partial charge in [0.1, 0.15) is 5.82 Å². The zero-order chi connectivity index (χ0) is 17.7. The van der Waals surface area contributed by atoms with E-state index in [0.717, 1.165) is 12.8 Å². The normalized spacial score (nSPS) is 17.7. The molecule has 132 valence electrons. The van der Waals surface area contributed by atoms with Gasteiger partial charge in [-0.3, -0.25) is 4.79 Å². The summed E-state index contributed by atoms with van der Waals surface area (Å²) in [5, 5.41) is 5.63. The Morgan fingerprint density at radius 1 is 1.38 bits per heavy atom. The first-order chi connectivity index (χ1) is 11.4. The minimum absolute atomic E-state index is 0.123. The van der Waals surface area contributed by atoms with Gasteiger partial charge in [0.25, 0.3) is 0 Å². The topological polar surface area (TPSA) is 61.4 Å². The number of nitrogens with zero attached hydrogens (tertiary/aromatic N) is 1. The number of halogens is 1. The quantitative estimate of drug-likeness (QED) is 0.888. The molecule has 2 N–H and O–H groups in total. The number of aryl methyl sites for hydroxylation is 1. The Bertz CT molecular complexity index is 604. The van der Waals surface area contributed by atoms with Crippen molar-refractivity contribution in [2.45, 2.75) is 33.6 Å². The fourth-order valence-electron chi connectivity index (χ4n) is 2.69. The largest absolute Gasteiger partial charge is 0.338 e. The molecule has 24 heavy (non-hydrogen) atoms. The van der Waals surface area contributed by atoms with E-state index in [2.05, 4.69) is 10.6 Å². The van der Waals surface area contributed by atoms with Gasteiger partial charge in [-0.1, -0.05) is 19.9 Å². The minimum Gasteiger partial charge on any atom is -0.338 e. The van der Waals surface area contributed by atoms with E-state index in [4.69, 9.17) is 0 Å². The summed E-state index contributed by atoms with van der Waals surface area (Å²) in [6, 6.07) is 4.52. The minimum atomic E-state index is -0.342. The molecule has 1 saturated heterocycles. The maximum Gasteiger partial charge on any atom is 0.317 e. The second-order valence-corrected chi connectivity index (χ2v) is 6.82. The van der Waals surface area contributed by atoms with Crippen LogP contribution in [0.2, 0.25) is 0 Å². The Kier molecular flexibility index (Phi) is 6.17. The van der Waals surface area contributed by atoms with Crippen molar-refractivity contribution < 1.29 is 14.0 Å². The fourth-order valence-corrected chi connectivity index (χ4v) is 2.69. The van der Waals surface area contributed by atoms with E-state index < -0.39 is 0 Å². The number of hydrogen-bond donors (Lipinski definition) is 2. The number of anilines is 1. The third kappa shape index (κ3) is 4.94. The highest BCUT2D eigenvalue weighted by atomic mass is 19.1. The maximum atomic E-state index is 13.6. The van der Waals surface area contributed by atoms with Crippen LogP contribution in [0.4, 0.5) is 14.9 Å². The predicted octanol–water partition coefficient (Wildman–Crippen LogP) is 3.15. The van der Waals surface area contributed by atoms with E-state index in [9.17, 15) is 14.0 Å². The number of rotatable bonds is 4. The number of carbonyl (C=O) groups is 2. The second kappa shape index (κ2) is 8.13. The molecule has 0 aromatic heterocycles. The van der Waals surface area contributed by atoms with Gasteiger partial charge in [0, 0.05) is 25.3 Å². The number of urea groups is 1. The molecule has 1 aromatic rings. The van der Waals surface area contributed by atoms with Crippen LogP contribution in [-0.4, -0.2) is 36.5 Å². The molecule has 5 nitrogen and oxygen atoms in total. The van der Waals surface area contributed by atoms with Crippen molar-refractivity contribution in [3.63, 3.8) is 0 Å². The Hall–Kier alpha value is -2.11. The van der Waals surface area contributed by atoms with Crippen LogP contribution >= 0.6 is 0 Å². The number of likely N-dealkylation sites (tertiary alicyclic amines) is 1. The zero-order valence-electron chi connectivity index (χ0n) is 14.6. The average molecular weight is 335 g/mol. The highest BCUT2D eigenvalue weighted by Gasteiger charge is 2.28. The van der Waals surface area contributed by atoms with E-state index in [1.807, 2.05) is 13.8 Å². The Morgan fingerprint density at radius 3 is 2.79 bits per heavy atom. The van der Waals surface area contributed by atoms with E-state index in [0.29, 0.717) is 36.8 Å². The fraction of sp³-hybridized carbons (Fsp3) is 0.556. The molecular formula is C18H26FN3O2. The van der Waals surface area contributed by atoms with Gasteiger partial charge in [0.15, 0.2) is 0 Å². The van der Waals surface area contributed by atoms with E-state index in [1.54, 1.807) is 24.0 Å². The van der Waals surface area contributed by atoms with Gasteiger partial charge in [0.2, 0.25) is 5.91 Å². The molecule has 0 saturated carbocycles. The number of piperidine rings is 1. The maximum absolute atomic E-state index is 13.6. The molecular weight excluding hydrogens is 309 g/mol. The summed E-state index contributed by atoms with van der Waals surface area (Å²) in [4.78, 5) is 26.2. The molecule has 1 atom stereocenters. The molecule has 0 spiro atoms. The first-order valence-electron chi connectivity index (χ1n) is 8.46. The molecule has 1 fully saturated rings. The van der Waals surface area contributed by atoms with Crippen LogP contribution in [0, 0.1) is 24.6 Å². The number of nitrogens with one attached hydrogen (secondary N) is 2. The van der Waals surface area contributed by atoms with Gasteiger partial charge in [-0.25, -0.2) is 9.18 Å². The Balaban J connectivity index is 1.92. The summed E-state index contributed by atoms with van der Waals surface area (Å²) in [5.74, 6) is -0.395. The molecule has 1 heterocycles. The van der Waals surface area contributed by atoms with Crippen molar-refractivity contribution in [2.24, 2.45) is 11.8 Å². The van der Waals surface area contributed by atoms with E-state index in [-0.39, 0.29) is 23.7 Å². The van der Waals surface area contributed by atoms with Gasteiger partial charge < -0.3 is 15.5 Å². The number of amides is 3. The summed E-state index contributed by atoms with van der Waals surface area (Å²) >= 11 is 0. The number of benzene rings is 1. The Morgan fingerprint density at radius 2 is 2.12 bits per heavy atom. The highest BCUT2D eigenvalue weighted by Crippen LogP contribution is 2.20. The van der Waals surface area contributed by atoms with Crippen molar-refractivity contribution in [3.05, 3.63) is 29.6 Å². The second-order valence-electron chi connectivity index (χ2n) is 6.82. The van der Waals surface area contributed by atoms with Crippen LogP contribution in [0.25, 0.3) is 0 Å². The van der Waals surface area contributed by atoms with Gasteiger partial charge in [-0.05, 0) is 43.4 Å². The molecule has 1 aliphatic heterocycles. The van der Waals surface area contributed by atoms with Crippen LogP contribution < -0.4 is 10.6 Å². The average Bonchev–Trinajstić information content (AvgIpc) is 2.56. The monoisotopic (exact) mass is 335 g/mol. The summed E-state index contributed by atoms with van der Waals surface area (Å²) in [7, 11) is 0. The smallest absolute Gasteiger partial charge is 0.317 e. The lowest BCUT2D eigenvalue weighted by Crippen LogP contribution is -2.48. The van der Waals surface area contributed by atoms with Crippen LogP contribution in [-0.2, 0) is 4.79 Å². The van der Waals surface area contributed by atoms with Crippen LogP contribution in [0.5, 0.6) is 0 Å². The Labute approximate surface area is 142 Å².